The first-order valence-electron chi connectivity index (χ1n) is 10.0. The van der Waals surface area contributed by atoms with Crippen LogP contribution in [0.4, 0.5) is 16.3 Å². The molecule has 9 heteroatoms. The zero-order valence-electron chi connectivity index (χ0n) is 16.8. The molecule has 158 valence electrons. The minimum Gasteiger partial charge on any atom is -0.497 e. The lowest BCUT2D eigenvalue weighted by molar-refractivity contribution is -0.121. The second-order valence-electron chi connectivity index (χ2n) is 7.58. The van der Waals surface area contributed by atoms with E-state index in [0.717, 1.165) is 21.8 Å². The summed E-state index contributed by atoms with van der Waals surface area (Å²) in [4.78, 5) is 29.9. The molecule has 2 aromatic carbocycles. The first-order valence-corrected chi connectivity index (χ1v) is 10.0. The second-order valence-corrected chi connectivity index (χ2v) is 7.58. The fourth-order valence-electron chi connectivity index (χ4n) is 4.08. The molecule has 5 rings (SSSR count). The standard InChI is InChI=1S/C22H20FN5O3/c1-31-16-8-4-13(5-9-16)17-12-18(14-2-6-15(23)7-3-14)28-21(24-17)25-22(26-28)27-19(29)10-11-20(27)30/h2-9,17-18H,10-12H2,1H3,(H,24,25,26)/t17-,18+/m0/s1. The number of amides is 2. The molecule has 2 amide bonds. The molecule has 3 aromatic rings. The number of fused-ring (bicyclic) bond motifs is 1. The quantitative estimate of drug-likeness (QED) is 0.651. The van der Waals surface area contributed by atoms with Gasteiger partial charge in [0.1, 0.15) is 11.6 Å². The SMILES string of the molecule is COc1ccc([C@@H]2C[C@H](c3ccc(F)cc3)n3nc(N4C(=O)CCC4=O)nc3N2)cc1. The fraction of sp³-hybridized carbons (Fsp3) is 0.273. The van der Waals surface area contributed by atoms with Crippen LogP contribution in [0.2, 0.25) is 0 Å². The summed E-state index contributed by atoms with van der Waals surface area (Å²) in [5.74, 6) is 0.334. The topological polar surface area (TPSA) is 89.4 Å². The van der Waals surface area contributed by atoms with Crippen LogP contribution in [0.3, 0.4) is 0 Å². The van der Waals surface area contributed by atoms with E-state index >= 15 is 0 Å². The summed E-state index contributed by atoms with van der Waals surface area (Å²) >= 11 is 0. The van der Waals surface area contributed by atoms with Crippen LogP contribution in [0.1, 0.15) is 42.5 Å². The predicted molar refractivity (Wildman–Crippen MR) is 110 cm³/mol. The van der Waals surface area contributed by atoms with E-state index in [0.29, 0.717) is 12.4 Å². The minimum absolute atomic E-state index is 0.0671. The van der Waals surface area contributed by atoms with E-state index in [2.05, 4.69) is 15.4 Å². The van der Waals surface area contributed by atoms with Crippen molar-refractivity contribution in [2.24, 2.45) is 0 Å². The maximum Gasteiger partial charge on any atom is 0.260 e. The first kappa shape index (κ1) is 19.2. The summed E-state index contributed by atoms with van der Waals surface area (Å²) in [6.07, 6.45) is 0.938. The molecule has 1 fully saturated rings. The summed E-state index contributed by atoms with van der Waals surface area (Å²) < 4.78 is 20.4. The summed E-state index contributed by atoms with van der Waals surface area (Å²) in [5, 5.41) is 7.84. The summed E-state index contributed by atoms with van der Waals surface area (Å²) in [6, 6.07) is 13.6. The van der Waals surface area contributed by atoms with Gasteiger partial charge in [-0.15, -0.1) is 5.10 Å². The monoisotopic (exact) mass is 421 g/mol. The Bertz CT molecular complexity index is 1130. The van der Waals surface area contributed by atoms with Crippen molar-refractivity contribution in [2.45, 2.75) is 31.3 Å². The number of benzene rings is 2. The van der Waals surface area contributed by atoms with Crippen molar-refractivity contribution in [1.82, 2.24) is 14.8 Å². The lowest BCUT2D eigenvalue weighted by atomic mass is 9.93. The van der Waals surface area contributed by atoms with Gasteiger partial charge in [-0.3, -0.25) is 9.59 Å². The number of hydrogen-bond acceptors (Lipinski definition) is 6. The Kier molecular flexibility index (Phi) is 4.65. The Hall–Kier alpha value is -3.75. The van der Waals surface area contributed by atoms with Gasteiger partial charge >= 0.3 is 0 Å². The molecule has 2 aliphatic rings. The summed E-state index contributed by atoms with van der Waals surface area (Å²) in [5.41, 5.74) is 1.88. The molecular formula is C22H20FN5O3. The van der Waals surface area contributed by atoms with Crippen LogP contribution in [-0.2, 0) is 9.59 Å². The molecular weight excluding hydrogens is 401 g/mol. The highest BCUT2D eigenvalue weighted by atomic mass is 19.1. The normalized spacial score (nSPS) is 20.5. The van der Waals surface area contributed by atoms with Crippen LogP contribution in [0.15, 0.2) is 48.5 Å². The Morgan fingerprint density at radius 3 is 2.29 bits per heavy atom. The lowest BCUT2D eigenvalue weighted by Crippen LogP contribution is -2.30. The van der Waals surface area contributed by atoms with E-state index in [9.17, 15) is 14.0 Å². The maximum atomic E-state index is 13.5. The molecule has 0 bridgehead atoms. The third-order valence-corrected chi connectivity index (χ3v) is 5.70. The number of ether oxygens (including phenoxy) is 1. The van der Waals surface area contributed by atoms with Crippen molar-refractivity contribution in [1.29, 1.82) is 0 Å². The number of aromatic nitrogens is 3. The van der Waals surface area contributed by atoms with Crippen molar-refractivity contribution in [2.75, 3.05) is 17.3 Å². The summed E-state index contributed by atoms with van der Waals surface area (Å²) in [7, 11) is 1.61. The molecule has 2 atom stereocenters. The second kappa shape index (κ2) is 7.50. The Morgan fingerprint density at radius 2 is 1.65 bits per heavy atom. The number of nitrogens with one attached hydrogen (secondary N) is 1. The zero-order chi connectivity index (χ0) is 21.5. The molecule has 0 unspecified atom stereocenters. The highest BCUT2D eigenvalue weighted by Crippen LogP contribution is 2.39. The molecule has 1 aromatic heterocycles. The largest absolute Gasteiger partial charge is 0.497 e. The van der Waals surface area contributed by atoms with Gasteiger partial charge in [-0.2, -0.15) is 4.98 Å². The molecule has 1 N–H and O–H groups in total. The van der Waals surface area contributed by atoms with Crippen LogP contribution in [0.5, 0.6) is 5.75 Å². The maximum absolute atomic E-state index is 13.5. The van der Waals surface area contributed by atoms with Crippen LogP contribution in [0, 0.1) is 5.82 Å². The van der Waals surface area contributed by atoms with Crippen molar-refractivity contribution in [3.63, 3.8) is 0 Å². The predicted octanol–water partition coefficient (Wildman–Crippen LogP) is 3.23. The third-order valence-electron chi connectivity index (χ3n) is 5.70. The van der Waals surface area contributed by atoms with Gasteiger partial charge in [0.2, 0.25) is 17.8 Å². The molecule has 0 radical (unpaired) electrons. The van der Waals surface area contributed by atoms with E-state index in [4.69, 9.17) is 4.74 Å². The van der Waals surface area contributed by atoms with Gasteiger partial charge < -0.3 is 10.1 Å². The fourth-order valence-corrected chi connectivity index (χ4v) is 4.08. The smallest absolute Gasteiger partial charge is 0.260 e. The van der Waals surface area contributed by atoms with Gasteiger partial charge in [0.25, 0.3) is 5.95 Å². The van der Waals surface area contributed by atoms with E-state index in [-0.39, 0.29) is 48.5 Å². The van der Waals surface area contributed by atoms with E-state index < -0.39 is 0 Å². The third kappa shape index (κ3) is 3.41. The number of carbonyl (C=O) groups is 2. The number of anilines is 2. The number of rotatable bonds is 4. The Balaban J connectivity index is 1.55. The van der Waals surface area contributed by atoms with Crippen LogP contribution in [-0.4, -0.2) is 33.7 Å². The molecule has 0 saturated carbocycles. The number of halogens is 1. The van der Waals surface area contributed by atoms with E-state index in [1.54, 1.807) is 23.9 Å². The van der Waals surface area contributed by atoms with E-state index in [1.165, 1.54) is 12.1 Å². The molecule has 1 saturated heterocycles. The molecule has 2 aliphatic heterocycles. The van der Waals surface area contributed by atoms with Crippen molar-refractivity contribution >= 4 is 23.7 Å². The number of imide groups is 1. The number of hydrogen-bond donors (Lipinski definition) is 1. The van der Waals surface area contributed by atoms with Crippen LogP contribution in [0.25, 0.3) is 0 Å². The molecule has 31 heavy (non-hydrogen) atoms. The number of nitrogens with zero attached hydrogens (tertiary/aromatic N) is 4. The van der Waals surface area contributed by atoms with Crippen LogP contribution >= 0.6 is 0 Å². The van der Waals surface area contributed by atoms with Gasteiger partial charge in [-0.05, 0) is 41.8 Å². The van der Waals surface area contributed by atoms with Gasteiger partial charge in [0, 0.05) is 12.8 Å². The highest BCUT2D eigenvalue weighted by molar-refractivity contribution is 6.18. The lowest BCUT2D eigenvalue weighted by Gasteiger charge is -2.31. The van der Waals surface area contributed by atoms with E-state index in [1.807, 2.05) is 24.3 Å². The van der Waals surface area contributed by atoms with Gasteiger partial charge in [-0.25, -0.2) is 14.0 Å². The minimum atomic E-state index is -0.322. The molecule has 8 nitrogen and oxygen atoms in total. The van der Waals surface area contributed by atoms with Crippen molar-refractivity contribution < 1.29 is 18.7 Å². The Morgan fingerprint density at radius 1 is 1.00 bits per heavy atom. The van der Waals surface area contributed by atoms with Crippen LogP contribution < -0.4 is 15.0 Å². The van der Waals surface area contributed by atoms with Gasteiger partial charge in [0.15, 0.2) is 0 Å². The molecule has 0 aliphatic carbocycles. The number of carbonyl (C=O) groups excluding carboxylic acids is 2. The zero-order valence-corrected chi connectivity index (χ0v) is 16.8. The first-order chi connectivity index (χ1) is 15.0. The van der Waals surface area contributed by atoms with Gasteiger partial charge in [-0.1, -0.05) is 24.3 Å². The summed E-state index contributed by atoms with van der Waals surface area (Å²) in [6.45, 7) is 0. The van der Waals surface area contributed by atoms with Crippen molar-refractivity contribution in [3.8, 4) is 5.75 Å². The molecule has 0 spiro atoms. The molecule has 3 heterocycles. The Labute approximate surface area is 177 Å². The average molecular weight is 421 g/mol. The van der Waals surface area contributed by atoms with Crippen molar-refractivity contribution in [3.05, 3.63) is 65.5 Å². The van der Waals surface area contributed by atoms with Gasteiger partial charge in [0.05, 0.1) is 19.2 Å². The number of methoxy groups -OCH3 is 1. The average Bonchev–Trinajstić information content (AvgIpc) is 3.35. The highest BCUT2D eigenvalue weighted by Gasteiger charge is 2.37.